The van der Waals surface area contributed by atoms with Crippen molar-refractivity contribution in [1.29, 1.82) is 0 Å². The van der Waals surface area contributed by atoms with Crippen molar-refractivity contribution in [1.82, 2.24) is 9.88 Å². The fourth-order valence-corrected chi connectivity index (χ4v) is 2.95. The van der Waals surface area contributed by atoms with E-state index in [1.165, 1.54) is 12.0 Å². The summed E-state index contributed by atoms with van der Waals surface area (Å²) in [6.07, 6.45) is 4.19. The van der Waals surface area contributed by atoms with Gasteiger partial charge in [-0.15, -0.1) is 0 Å². The van der Waals surface area contributed by atoms with E-state index in [0.717, 1.165) is 24.2 Å². The Kier molecular flexibility index (Phi) is 3.71. The van der Waals surface area contributed by atoms with E-state index in [-0.39, 0.29) is 5.56 Å². The van der Waals surface area contributed by atoms with Crippen LogP contribution in [0, 0.1) is 0 Å². The minimum Gasteiger partial charge on any atom is -0.478 e. The van der Waals surface area contributed by atoms with Crippen LogP contribution < -0.4 is 0 Å². The molecular formula is C17H18N2O2. The van der Waals surface area contributed by atoms with E-state index < -0.39 is 5.97 Å². The Morgan fingerprint density at radius 3 is 2.90 bits per heavy atom. The molecule has 4 nitrogen and oxygen atoms in total. The third-order valence-electron chi connectivity index (χ3n) is 4.09. The molecule has 0 aliphatic carbocycles. The van der Waals surface area contributed by atoms with Crippen LogP contribution in [0.25, 0.3) is 11.3 Å². The number of carboxylic acids is 1. The number of pyridine rings is 1. The molecule has 0 unspecified atom stereocenters. The predicted molar refractivity (Wildman–Crippen MR) is 81.2 cm³/mol. The SMILES string of the molecule is CN1CCC[C@H]1c1ccnc(-c2cccc(C(=O)O)c2)c1. The number of nitrogens with zero attached hydrogens (tertiary/aromatic N) is 2. The summed E-state index contributed by atoms with van der Waals surface area (Å²) >= 11 is 0. The Labute approximate surface area is 124 Å². The second-order valence-corrected chi connectivity index (χ2v) is 5.50. The van der Waals surface area contributed by atoms with Crippen LogP contribution in [-0.2, 0) is 0 Å². The molecule has 1 N–H and O–H groups in total. The van der Waals surface area contributed by atoms with Gasteiger partial charge in [0, 0.05) is 17.8 Å². The molecular weight excluding hydrogens is 264 g/mol. The lowest BCUT2D eigenvalue weighted by Gasteiger charge is -2.20. The first-order valence-corrected chi connectivity index (χ1v) is 7.15. The second kappa shape index (κ2) is 5.66. The van der Waals surface area contributed by atoms with Gasteiger partial charge in [0.1, 0.15) is 0 Å². The van der Waals surface area contributed by atoms with E-state index in [4.69, 9.17) is 5.11 Å². The fraction of sp³-hybridized carbons (Fsp3) is 0.294. The van der Waals surface area contributed by atoms with E-state index in [0.29, 0.717) is 6.04 Å². The van der Waals surface area contributed by atoms with Crippen molar-refractivity contribution in [2.75, 3.05) is 13.6 Å². The van der Waals surface area contributed by atoms with Gasteiger partial charge in [-0.3, -0.25) is 9.88 Å². The average Bonchev–Trinajstić information content (AvgIpc) is 2.94. The lowest BCUT2D eigenvalue weighted by Crippen LogP contribution is -2.17. The van der Waals surface area contributed by atoms with Gasteiger partial charge in [-0.2, -0.15) is 0 Å². The minimum absolute atomic E-state index is 0.290. The van der Waals surface area contributed by atoms with Crippen LogP contribution in [-0.4, -0.2) is 34.6 Å². The average molecular weight is 282 g/mol. The standard InChI is InChI=1S/C17H18N2O2/c1-19-9-3-6-16(19)13-7-8-18-15(11-13)12-4-2-5-14(10-12)17(20)21/h2,4-5,7-8,10-11,16H,3,6,9H2,1H3,(H,20,21)/t16-/m0/s1. The number of carbonyl (C=O) groups is 1. The van der Waals surface area contributed by atoms with E-state index in [1.807, 2.05) is 12.3 Å². The molecule has 3 rings (SSSR count). The lowest BCUT2D eigenvalue weighted by atomic mass is 10.0. The Bertz CT molecular complexity index is 669. The third-order valence-corrected chi connectivity index (χ3v) is 4.09. The Morgan fingerprint density at radius 2 is 2.19 bits per heavy atom. The number of hydrogen-bond acceptors (Lipinski definition) is 3. The number of hydrogen-bond donors (Lipinski definition) is 1. The molecule has 1 aromatic heterocycles. The summed E-state index contributed by atoms with van der Waals surface area (Å²) in [7, 11) is 2.14. The monoisotopic (exact) mass is 282 g/mol. The zero-order chi connectivity index (χ0) is 14.8. The second-order valence-electron chi connectivity index (χ2n) is 5.50. The maximum absolute atomic E-state index is 11.1. The van der Waals surface area contributed by atoms with Crippen LogP contribution in [0.1, 0.15) is 34.8 Å². The van der Waals surface area contributed by atoms with Crippen LogP contribution >= 0.6 is 0 Å². The molecule has 2 aromatic rings. The molecule has 1 fully saturated rings. The summed E-state index contributed by atoms with van der Waals surface area (Å²) in [6, 6.07) is 11.5. The number of likely N-dealkylation sites (tertiary alicyclic amines) is 1. The number of rotatable bonds is 3. The Hall–Kier alpha value is -2.20. The maximum atomic E-state index is 11.1. The zero-order valence-corrected chi connectivity index (χ0v) is 12.0. The molecule has 21 heavy (non-hydrogen) atoms. The van der Waals surface area contributed by atoms with Crippen LogP contribution in [0.2, 0.25) is 0 Å². The highest BCUT2D eigenvalue weighted by Crippen LogP contribution is 2.31. The molecule has 0 bridgehead atoms. The summed E-state index contributed by atoms with van der Waals surface area (Å²) in [6.45, 7) is 1.12. The molecule has 108 valence electrons. The summed E-state index contributed by atoms with van der Waals surface area (Å²) in [5.41, 5.74) is 3.21. The first-order valence-electron chi connectivity index (χ1n) is 7.15. The van der Waals surface area contributed by atoms with Crippen molar-refractivity contribution in [2.45, 2.75) is 18.9 Å². The highest BCUT2D eigenvalue weighted by molar-refractivity contribution is 5.89. The third kappa shape index (κ3) is 2.81. The molecule has 2 heterocycles. The molecule has 0 saturated carbocycles. The molecule has 0 spiro atoms. The maximum Gasteiger partial charge on any atom is 0.335 e. The lowest BCUT2D eigenvalue weighted by molar-refractivity contribution is 0.0697. The van der Waals surface area contributed by atoms with E-state index in [9.17, 15) is 4.79 Å². The van der Waals surface area contributed by atoms with Gasteiger partial charge < -0.3 is 5.11 Å². The van der Waals surface area contributed by atoms with Crippen molar-refractivity contribution >= 4 is 5.97 Å². The molecule has 1 saturated heterocycles. The molecule has 1 atom stereocenters. The van der Waals surface area contributed by atoms with Gasteiger partial charge in [0.15, 0.2) is 0 Å². The summed E-state index contributed by atoms with van der Waals surface area (Å²) in [5.74, 6) is -0.913. The zero-order valence-electron chi connectivity index (χ0n) is 12.0. The highest BCUT2D eigenvalue weighted by Gasteiger charge is 2.22. The van der Waals surface area contributed by atoms with Crippen molar-refractivity contribution in [3.63, 3.8) is 0 Å². The first-order chi connectivity index (χ1) is 10.1. The normalized spacial score (nSPS) is 18.8. The number of benzene rings is 1. The molecule has 0 radical (unpaired) electrons. The quantitative estimate of drug-likeness (QED) is 0.939. The molecule has 1 aliphatic heterocycles. The van der Waals surface area contributed by atoms with Gasteiger partial charge >= 0.3 is 5.97 Å². The van der Waals surface area contributed by atoms with E-state index >= 15 is 0 Å². The largest absolute Gasteiger partial charge is 0.478 e. The van der Waals surface area contributed by atoms with Crippen LogP contribution in [0.5, 0.6) is 0 Å². The van der Waals surface area contributed by atoms with Crippen molar-refractivity contribution in [3.05, 3.63) is 53.7 Å². The number of aromatic carboxylic acids is 1. The summed E-state index contributed by atoms with van der Waals surface area (Å²) in [4.78, 5) is 17.8. The minimum atomic E-state index is -0.913. The molecule has 1 aromatic carbocycles. The Balaban J connectivity index is 1.96. The molecule has 4 heteroatoms. The van der Waals surface area contributed by atoms with Crippen LogP contribution in [0.4, 0.5) is 0 Å². The van der Waals surface area contributed by atoms with Gasteiger partial charge in [-0.1, -0.05) is 12.1 Å². The van der Waals surface area contributed by atoms with Gasteiger partial charge in [0.05, 0.1) is 11.3 Å². The predicted octanol–water partition coefficient (Wildman–Crippen LogP) is 3.21. The first kappa shape index (κ1) is 13.8. The van der Waals surface area contributed by atoms with Gasteiger partial charge in [0.25, 0.3) is 0 Å². The smallest absolute Gasteiger partial charge is 0.335 e. The summed E-state index contributed by atoms with van der Waals surface area (Å²) < 4.78 is 0. The fourth-order valence-electron chi connectivity index (χ4n) is 2.95. The van der Waals surface area contributed by atoms with Crippen molar-refractivity contribution in [2.24, 2.45) is 0 Å². The Morgan fingerprint density at radius 1 is 1.33 bits per heavy atom. The number of aromatic nitrogens is 1. The van der Waals surface area contributed by atoms with Gasteiger partial charge in [-0.05, 0) is 56.3 Å². The summed E-state index contributed by atoms with van der Waals surface area (Å²) in [5, 5.41) is 9.09. The van der Waals surface area contributed by atoms with Crippen LogP contribution in [0.3, 0.4) is 0 Å². The highest BCUT2D eigenvalue weighted by atomic mass is 16.4. The van der Waals surface area contributed by atoms with Crippen molar-refractivity contribution < 1.29 is 9.90 Å². The molecule has 0 amide bonds. The number of carboxylic acid groups (broad SMARTS) is 1. The van der Waals surface area contributed by atoms with E-state index in [2.05, 4.69) is 29.1 Å². The van der Waals surface area contributed by atoms with Crippen LogP contribution in [0.15, 0.2) is 42.6 Å². The topological polar surface area (TPSA) is 53.4 Å². The van der Waals surface area contributed by atoms with Gasteiger partial charge in [-0.25, -0.2) is 4.79 Å². The van der Waals surface area contributed by atoms with E-state index in [1.54, 1.807) is 18.2 Å². The molecule has 1 aliphatic rings. The van der Waals surface area contributed by atoms with Crippen molar-refractivity contribution in [3.8, 4) is 11.3 Å². The van der Waals surface area contributed by atoms with Gasteiger partial charge in [0.2, 0.25) is 0 Å².